The molecular weight excluding hydrogens is 179 g/mol. The van der Waals surface area contributed by atoms with E-state index in [0.29, 0.717) is 0 Å². The van der Waals surface area contributed by atoms with Crippen LogP contribution in [-0.4, -0.2) is 23.1 Å². The molecule has 0 aromatic heterocycles. The zero-order valence-corrected chi connectivity index (χ0v) is 5.97. The molecule has 0 rings (SSSR count). The molecule has 12 heavy (non-hydrogen) atoms. The third kappa shape index (κ3) is 2.50. The molecular formula is C5H6F3NO3. The van der Waals surface area contributed by atoms with Crippen LogP contribution in [0.25, 0.3) is 0 Å². The van der Waals surface area contributed by atoms with Crippen LogP contribution in [0.5, 0.6) is 0 Å². The van der Waals surface area contributed by atoms with Crippen molar-refractivity contribution in [3.8, 4) is 0 Å². The van der Waals surface area contributed by atoms with Gasteiger partial charge in [0.25, 0.3) is 5.91 Å². The maximum absolute atomic E-state index is 11.6. The van der Waals surface area contributed by atoms with E-state index in [1.165, 1.54) is 0 Å². The van der Waals surface area contributed by atoms with E-state index < -0.39 is 23.8 Å². The first-order chi connectivity index (χ1) is 5.30. The molecule has 0 aromatic rings. The first-order valence-electron chi connectivity index (χ1n) is 2.85. The quantitative estimate of drug-likeness (QED) is 0.368. The largest absolute Gasteiger partial charge is 0.450 e. The molecule has 1 atom stereocenters. The highest BCUT2D eigenvalue weighted by atomic mass is 19.4. The first kappa shape index (κ1) is 10.9. The van der Waals surface area contributed by atoms with Gasteiger partial charge in [0.2, 0.25) is 5.78 Å². The normalized spacial score (nSPS) is 13.8. The standard InChI is InChI=1S/C5H6F3NO3/c1-2(4(11)9-12)3(10)5(6,7)8/h2,12H,1H3,(H,9,11). The summed E-state index contributed by atoms with van der Waals surface area (Å²) in [4.78, 5) is 20.6. The second kappa shape index (κ2) is 3.53. The van der Waals surface area contributed by atoms with Gasteiger partial charge in [-0.05, 0) is 6.92 Å². The number of amides is 1. The molecule has 0 aliphatic heterocycles. The maximum atomic E-state index is 11.6. The summed E-state index contributed by atoms with van der Waals surface area (Å²) in [5.41, 5.74) is 0.958. The molecule has 7 heteroatoms. The number of carbonyl (C=O) groups excluding carboxylic acids is 2. The van der Waals surface area contributed by atoms with Crippen LogP contribution in [0.4, 0.5) is 13.2 Å². The highest BCUT2D eigenvalue weighted by Gasteiger charge is 2.43. The fraction of sp³-hybridized carbons (Fsp3) is 0.600. The summed E-state index contributed by atoms with van der Waals surface area (Å²) < 4.78 is 34.8. The minimum Gasteiger partial charge on any atom is -0.289 e. The molecule has 4 nitrogen and oxygen atoms in total. The number of carbonyl (C=O) groups is 2. The maximum Gasteiger partial charge on any atom is 0.450 e. The van der Waals surface area contributed by atoms with Crippen LogP contribution in [0.3, 0.4) is 0 Å². The second-order valence-electron chi connectivity index (χ2n) is 2.06. The summed E-state index contributed by atoms with van der Waals surface area (Å²) in [5, 5.41) is 7.90. The molecule has 0 heterocycles. The third-order valence-corrected chi connectivity index (χ3v) is 1.18. The van der Waals surface area contributed by atoms with Crippen LogP contribution in [0.2, 0.25) is 0 Å². The number of nitrogens with one attached hydrogen (secondary N) is 1. The lowest BCUT2D eigenvalue weighted by molar-refractivity contribution is -0.177. The predicted molar refractivity (Wildman–Crippen MR) is 30.2 cm³/mol. The summed E-state index contributed by atoms with van der Waals surface area (Å²) in [6.07, 6.45) is -5.05. The Balaban J connectivity index is 4.41. The molecule has 0 bridgehead atoms. The lowest BCUT2D eigenvalue weighted by atomic mass is 10.1. The molecule has 0 saturated carbocycles. The molecule has 0 spiro atoms. The highest BCUT2D eigenvalue weighted by molar-refractivity contribution is 6.03. The average molecular weight is 185 g/mol. The van der Waals surface area contributed by atoms with Crippen molar-refractivity contribution in [2.75, 3.05) is 0 Å². The Labute approximate surface area is 65.3 Å². The zero-order chi connectivity index (χ0) is 9.94. The van der Waals surface area contributed by atoms with Gasteiger partial charge in [0.05, 0.1) is 0 Å². The minimum absolute atomic E-state index is 0.751. The van der Waals surface area contributed by atoms with Gasteiger partial charge in [-0.1, -0.05) is 0 Å². The minimum atomic E-state index is -5.05. The summed E-state index contributed by atoms with van der Waals surface area (Å²) in [5.74, 6) is -5.48. The van der Waals surface area contributed by atoms with E-state index in [1.54, 1.807) is 0 Å². The van der Waals surface area contributed by atoms with Gasteiger partial charge in [0, 0.05) is 0 Å². The first-order valence-corrected chi connectivity index (χ1v) is 2.85. The Morgan fingerprint density at radius 1 is 1.42 bits per heavy atom. The molecule has 0 aromatic carbocycles. The summed E-state index contributed by atoms with van der Waals surface area (Å²) >= 11 is 0. The Kier molecular flexibility index (Phi) is 3.20. The van der Waals surface area contributed by atoms with Crippen molar-refractivity contribution in [3.63, 3.8) is 0 Å². The number of ketones is 1. The van der Waals surface area contributed by atoms with Crippen molar-refractivity contribution in [2.24, 2.45) is 5.92 Å². The van der Waals surface area contributed by atoms with Gasteiger partial charge in [-0.25, -0.2) is 5.48 Å². The van der Waals surface area contributed by atoms with Crippen molar-refractivity contribution in [1.82, 2.24) is 5.48 Å². The Hall–Kier alpha value is -1.11. The van der Waals surface area contributed by atoms with Gasteiger partial charge in [-0.15, -0.1) is 0 Å². The number of alkyl halides is 3. The van der Waals surface area contributed by atoms with E-state index in [-0.39, 0.29) is 0 Å². The number of hydrogen-bond acceptors (Lipinski definition) is 3. The lowest BCUT2D eigenvalue weighted by Gasteiger charge is -2.09. The van der Waals surface area contributed by atoms with Crippen molar-refractivity contribution in [1.29, 1.82) is 0 Å². The summed E-state index contributed by atoms with van der Waals surface area (Å²) in [7, 11) is 0. The van der Waals surface area contributed by atoms with E-state index in [0.717, 1.165) is 12.4 Å². The Bertz CT molecular complexity index is 201. The van der Waals surface area contributed by atoms with Crippen LogP contribution in [0, 0.1) is 5.92 Å². The topological polar surface area (TPSA) is 66.4 Å². The molecule has 0 fully saturated rings. The second-order valence-corrected chi connectivity index (χ2v) is 2.06. The van der Waals surface area contributed by atoms with E-state index in [1.807, 2.05) is 0 Å². The summed E-state index contributed by atoms with van der Waals surface area (Å²) in [6, 6.07) is 0. The molecule has 0 radical (unpaired) electrons. The lowest BCUT2D eigenvalue weighted by Crippen LogP contribution is -2.38. The van der Waals surface area contributed by atoms with Gasteiger partial charge >= 0.3 is 6.18 Å². The van der Waals surface area contributed by atoms with E-state index in [4.69, 9.17) is 5.21 Å². The van der Waals surface area contributed by atoms with Crippen LogP contribution in [0.15, 0.2) is 0 Å². The van der Waals surface area contributed by atoms with Gasteiger partial charge in [-0.2, -0.15) is 13.2 Å². The number of rotatable bonds is 2. The Morgan fingerprint density at radius 2 is 1.83 bits per heavy atom. The van der Waals surface area contributed by atoms with Crippen molar-refractivity contribution in [3.05, 3.63) is 0 Å². The van der Waals surface area contributed by atoms with Gasteiger partial charge in [0.1, 0.15) is 5.92 Å². The van der Waals surface area contributed by atoms with E-state index >= 15 is 0 Å². The van der Waals surface area contributed by atoms with Crippen LogP contribution >= 0.6 is 0 Å². The molecule has 1 amide bonds. The van der Waals surface area contributed by atoms with E-state index in [9.17, 15) is 22.8 Å². The van der Waals surface area contributed by atoms with Gasteiger partial charge in [-0.3, -0.25) is 14.8 Å². The fourth-order valence-electron chi connectivity index (χ4n) is 0.461. The number of Topliss-reactive ketones (excluding diaryl/α,β-unsaturated/α-hetero) is 1. The van der Waals surface area contributed by atoms with Crippen LogP contribution < -0.4 is 5.48 Å². The number of halogens is 3. The molecule has 0 saturated heterocycles. The third-order valence-electron chi connectivity index (χ3n) is 1.18. The Morgan fingerprint density at radius 3 is 2.08 bits per heavy atom. The average Bonchev–Trinajstić information content (AvgIpc) is 1.98. The van der Waals surface area contributed by atoms with Crippen molar-refractivity contribution < 1.29 is 28.0 Å². The molecule has 2 N–H and O–H groups in total. The SMILES string of the molecule is CC(C(=O)NO)C(=O)C(F)(F)F. The summed E-state index contributed by atoms with van der Waals surface area (Å²) in [6.45, 7) is 0.751. The fourth-order valence-corrected chi connectivity index (χ4v) is 0.461. The molecule has 0 aliphatic carbocycles. The molecule has 0 aliphatic rings. The molecule has 1 unspecified atom stereocenters. The predicted octanol–water partition coefficient (Wildman–Crippen LogP) is 0.259. The van der Waals surface area contributed by atoms with Crippen molar-refractivity contribution >= 4 is 11.7 Å². The highest BCUT2D eigenvalue weighted by Crippen LogP contribution is 2.20. The monoisotopic (exact) mass is 185 g/mol. The van der Waals surface area contributed by atoms with E-state index in [2.05, 4.69) is 0 Å². The number of hydrogen-bond donors (Lipinski definition) is 2. The smallest absolute Gasteiger partial charge is 0.289 e. The van der Waals surface area contributed by atoms with Crippen LogP contribution in [-0.2, 0) is 9.59 Å². The molecule has 70 valence electrons. The van der Waals surface area contributed by atoms with Crippen molar-refractivity contribution in [2.45, 2.75) is 13.1 Å². The van der Waals surface area contributed by atoms with Crippen LogP contribution in [0.1, 0.15) is 6.92 Å². The number of hydroxylamine groups is 1. The van der Waals surface area contributed by atoms with Gasteiger partial charge < -0.3 is 0 Å². The zero-order valence-electron chi connectivity index (χ0n) is 5.97. The van der Waals surface area contributed by atoms with Gasteiger partial charge in [0.15, 0.2) is 0 Å².